The summed E-state index contributed by atoms with van der Waals surface area (Å²) in [7, 11) is 3.21. The third kappa shape index (κ3) is 5.31. The van der Waals surface area contributed by atoms with Gasteiger partial charge >= 0.3 is 0 Å². The molecule has 0 fully saturated rings. The summed E-state index contributed by atoms with van der Waals surface area (Å²) >= 11 is 0. The molecule has 0 bridgehead atoms. The van der Waals surface area contributed by atoms with Crippen LogP contribution in [0, 0.1) is 0 Å². The Balaban J connectivity index is 2.07. The van der Waals surface area contributed by atoms with E-state index < -0.39 is 6.04 Å². The normalized spacial score (nSPS) is 12.8. The smallest absolute Gasteiger partial charge is 0.241 e. The van der Waals surface area contributed by atoms with Crippen LogP contribution in [0.1, 0.15) is 42.7 Å². The summed E-state index contributed by atoms with van der Waals surface area (Å²) in [4.78, 5) is 24.0. The summed E-state index contributed by atoms with van der Waals surface area (Å²) in [6.45, 7) is 5.24. The number of benzene rings is 2. The van der Waals surface area contributed by atoms with Gasteiger partial charge in [-0.15, -0.1) is 0 Å². The highest BCUT2D eigenvalue weighted by Crippen LogP contribution is 2.29. The number of Topliss-reactive ketones (excluding diaryl/α,β-unsaturated/α-hetero) is 1. The Morgan fingerprint density at radius 1 is 1.00 bits per heavy atom. The second-order valence-corrected chi connectivity index (χ2v) is 6.34. The number of hydrogen-bond donors (Lipinski definition) is 2. The molecule has 2 unspecified atom stereocenters. The molecule has 0 aromatic heterocycles. The monoisotopic (exact) mass is 370 g/mol. The highest BCUT2D eigenvalue weighted by molar-refractivity contribution is 5.98. The lowest BCUT2D eigenvalue weighted by Gasteiger charge is -2.22. The van der Waals surface area contributed by atoms with Crippen molar-refractivity contribution in [2.45, 2.75) is 32.9 Å². The zero-order chi connectivity index (χ0) is 20.0. The van der Waals surface area contributed by atoms with Gasteiger partial charge in [0.2, 0.25) is 5.91 Å². The molecular formula is C21H26N2O4. The van der Waals surface area contributed by atoms with Crippen LogP contribution in [0.25, 0.3) is 0 Å². The van der Waals surface area contributed by atoms with Gasteiger partial charge < -0.3 is 14.8 Å². The molecule has 27 heavy (non-hydrogen) atoms. The average molecular weight is 370 g/mol. The Bertz CT molecular complexity index is 820. The van der Waals surface area contributed by atoms with E-state index >= 15 is 0 Å². The molecule has 0 aliphatic rings. The van der Waals surface area contributed by atoms with Gasteiger partial charge in [-0.25, -0.2) is 0 Å². The van der Waals surface area contributed by atoms with Crippen LogP contribution in [0.4, 0.5) is 5.69 Å². The molecule has 2 N–H and O–H groups in total. The van der Waals surface area contributed by atoms with Crippen molar-refractivity contribution in [3.05, 3.63) is 53.6 Å². The number of carbonyl (C=O) groups excluding carboxylic acids is 2. The number of nitrogens with one attached hydrogen (secondary N) is 2. The van der Waals surface area contributed by atoms with Gasteiger partial charge in [0.1, 0.15) is 11.5 Å². The van der Waals surface area contributed by atoms with Gasteiger partial charge in [-0.3, -0.25) is 14.9 Å². The number of ether oxygens (including phenoxy) is 2. The molecular weight excluding hydrogens is 344 g/mol. The maximum Gasteiger partial charge on any atom is 0.241 e. The van der Waals surface area contributed by atoms with Crippen LogP contribution in [0.5, 0.6) is 11.5 Å². The first-order valence-electron chi connectivity index (χ1n) is 8.75. The zero-order valence-electron chi connectivity index (χ0n) is 16.3. The Morgan fingerprint density at radius 3 is 2.37 bits per heavy atom. The predicted octanol–water partition coefficient (Wildman–Crippen LogP) is 3.58. The lowest BCUT2D eigenvalue weighted by molar-refractivity contribution is -0.117. The largest absolute Gasteiger partial charge is 0.497 e. The van der Waals surface area contributed by atoms with Crippen molar-refractivity contribution in [2.24, 2.45) is 0 Å². The minimum atomic E-state index is -0.461. The highest BCUT2D eigenvalue weighted by atomic mass is 16.5. The molecule has 0 aliphatic heterocycles. The van der Waals surface area contributed by atoms with E-state index in [2.05, 4.69) is 10.6 Å². The molecule has 0 saturated carbocycles. The van der Waals surface area contributed by atoms with Gasteiger partial charge in [0, 0.05) is 22.9 Å². The summed E-state index contributed by atoms with van der Waals surface area (Å²) in [5.41, 5.74) is 2.05. The van der Waals surface area contributed by atoms with E-state index in [-0.39, 0.29) is 17.7 Å². The quantitative estimate of drug-likeness (QED) is 0.695. The molecule has 0 aliphatic carbocycles. The first kappa shape index (κ1) is 20.5. The fraction of sp³-hybridized carbons (Fsp3) is 0.333. The fourth-order valence-corrected chi connectivity index (χ4v) is 2.78. The van der Waals surface area contributed by atoms with Gasteiger partial charge in [-0.2, -0.15) is 0 Å². The lowest BCUT2D eigenvalue weighted by Crippen LogP contribution is -2.39. The first-order valence-corrected chi connectivity index (χ1v) is 8.75. The van der Waals surface area contributed by atoms with Crippen LogP contribution in [0.15, 0.2) is 42.5 Å². The van der Waals surface area contributed by atoms with Crippen molar-refractivity contribution >= 4 is 17.4 Å². The fourth-order valence-electron chi connectivity index (χ4n) is 2.78. The molecule has 1 amide bonds. The maximum absolute atomic E-state index is 12.5. The number of ketones is 1. The molecule has 2 atom stereocenters. The number of carbonyl (C=O) groups is 2. The van der Waals surface area contributed by atoms with Crippen molar-refractivity contribution in [2.75, 3.05) is 19.5 Å². The minimum Gasteiger partial charge on any atom is -0.497 e. The molecule has 0 heterocycles. The molecule has 2 rings (SSSR count). The summed E-state index contributed by atoms with van der Waals surface area (Å²) in [6, 6.07) is 11.8. The van der Waals surface area contributed by atoms with Crippen molar-refractivity contribution in [3.8, 4) is 11.5 Å². The van der Waals surface area contributed by atoms with Crippen LogP contribution in [-0.2, 0) is 4.79 Å². The number of hydrogen-bond acceptors (Lipinski definition) is 5. The third-order valence-corrected chi connectivity index (χ3v) is 4.33. The molecule has 144 valence electrons. The Labute approximate surface area is 159 Å². The molecule has 6 nitrogen and oxygen atoms in total. The molecule has 2 aromatic carbocycles. The van der Waals surface area contributed by atoms with E-state index in [1.54, 1.807) is 45.4 Å². The summed E-state index contributed by atoms with van der Waals surface area (Å²) < 4.78 is 10.7. The topological polar surface area (TPSA) is 76.7 Å². The van der Waals surface area contributed by atoms with Gasteiger partial charge in [0.05, 0.1) is 20.3 Å². The molecule has 0 saturated heterocycles. The standard InChI is InChI=1S/C21H26N2O4/c1-13(19-12-18(26-4)9-10-20(19)27-5)22-14(2)21(25)23-17-8-6-7-16(11-17)15(3)24/h6-14,22H,1-5H3,(H,23,25). The van der Waals surface area contributed by atoms with Crippen LogP contribution < -0.4 is 20.1 Å². The van der Waals surface area contributed by atoms with Crippen molar-refractivity contribution < 1.29 is 19.1 Å². The van der Waals surface area contributed by atoms with E-state index in [1.165, 1.54) is 6.92 Å². The van der Waals surface area contributed by atoms with Gasteiger partial charge in [-0.05, 0) is 51.1 Å². The highest BCUT2D eigenvalue weighted by Gasteiger charge is 2.19. The molecule has 2 aromatic rings. The Hall–Kier alpha value is -2.86. The number of amides is 1. The number of anilines is 1. The third-order valence-electron chi connectivity index (χ3n) is 4.33. The Morgan fingerprint density at radius 2 is 1.74 bits per heavy atom. The van der Waals surface area contributed by atoms with E-state index in [0.29, 0.717) is 11.3 Å². The van der Waals surface area contributed by atoms with E-state index in [1.807, 2.05) is 25.1 Å². The van der Waals surface area contributed by atoms with Gasteiger partial charge in [-0.1, -0.05) is 12.1 Å². The molecule has 0 spiro atoms. The summed E-state index contributed by atoms with van der Waals surface area (Å²) in [6.07, 6.45) is 0. The van der Waals surface area contributed by atoms with Crippen molar-refractivity contribution in [1.82, 2.24) is 5.32 Å². The zero-order valence-corrected chi connectivity index (χ0v) is 16.3. The van der Waals surface area contributed by atoms with Crippen LogP contribution in [-0.4, -0.2) is 32.0 Å². The number of methoxy groups -OCH3 is 2. The number of rotatable bonds is 8. The molecule has 6 heteroatoms. The van der Waals surface area contributed by atoms with Gasteiger partial charge in [0.15, 0.2) is 5.78 Å². The van der Waals surface area contributed by atoms with Gasteiger partial charge in [0.25, 0.3) is 0 Å². The summed E-state index contributed by atoms with van der Waals surface area (Å²) in [5, 5.41) is 6.10. The van der Waals surface area contributed by atoms with E-state index in [4.69, 9.17) is 9.47 Å². The second-order valence-electron chi connectivity index (χ2n) is 6.34. The maximum atomic E-state index is 12.5. The van der Waals surface area contributed by atoms with Crippen LogP contribution >= 0.6 is 0 Å². The van der Waals surface area contributed by atoms with Crippen LogP contribution in [0.3, 0.4) is 0 Å². The first-order chi connectivity index (χ1) is 12.8. The summed E-state index contributed by atoms with van der Waals surface area (Å²) in [5.74, 6) is 1.20. The van der Waals surface area contributed by atoms with Crippen molar-refractivity contribution in [1.29, 1.82) is 0 Å². The SMILES string of the molecule is COc1ccc(OC)c(C(C)NC(C)C(=O)Nc2cccc(C(C)=O)c2)c1. The van der Waals surface area contributed by atoms with E-state index in [0.717, 1.165) is 17.1 Å². The lowest BCUT2D eigenvalue weighted by atomic mass is 10.1. The van der Waals surface area contributed by atoms with Crippen molar-refractivity contribution in [3.63, 3.8) is 0 Å². The Kier molecular flexibility index (Phi) is 6.96. The molecule has 0 radical (unpaired) electrons. The second kappa shape index (κ2) is 9.19. The van der Waals surface area contributed by atoms with Crippen LogP contribution in [0.2, 0.25) is 0 Å². The average Bonchev–Trinajstić information content (AvgIpc) is 2.67. The predicted molar refractivity (Wildman–Crippen MR) is 106 cm³/mol. The minimum absolute atomic E-state index is 0.0454. The van der Waals surface area contributed by atoms with E-state index in [9.17, 15) is 9.59 Å².